The van der Waals surface area contributed by atoms with Gasteiger partial charge in [0.2, 0.25) is 11.8 Å². The minimum Gasteiger partial charge on any atom is -0.312 e. The van der Waals surface area contributed by atoms with Crippen LogP contribution in [-0.2, 0) is 9.59 Å². The summed E-state index contributed by atoms with van der Waals surface area (Å²) < 4.78 is 28.2. The molecule has 8 heteroatoms. The highest BCUT2D eigenvalue weighted by Crippen LogP contribution is 2.26. The van der Waals surface area contributed by atoms with Crippen LogP contribution in [0.25, 0.3) is 5.69 Å². The van der Waals surface area contributed by atoms with Gasteiger partial charge in [-0.25, -0.2) is 13.5 Å². The van der Waals surface area contributed by atoms with Crippen LogP contribution in [0.3, 0.4) is 0 Å². The zero-order valence-electron chi connectivity index (χ0n) is 14.7. The van der Waals surface area contributed by atoms with Gasteiger partial charge in [0.25, 0.3) is 0 Å². The van der Waals surface area contributed by atoms with Crippen LogP contribution in [-0.4, -0.2) is 28.1 Å². The molecule has 6 nitrogen and oxygen atoms in total. The van der Waals surface area contributed by atoms with Crippen LogP contribution in [0.15, 0.2) is 60.8 Å². The van der Waals surface area contributed by atoms with E-state index in [1.54, 1.807) is 30.5 Å². The van der Waals surface area contributed by atoms with Crippen molar-refractivity contribution in [3.63, 3.8) is 0 Å². The van der Waals surface area contributed by atoms with Crippen molar-refractivity contribution in [2.45, 2.75) is 6.42 Å². The van der Waals surface area contributed by atoms with E-state index >= 15 is 0 Å². The van der Waals surface area contributed by atoms with Crippen LogP contribution in [0.4, 0.5) is 20.3 Å². The van der Waals surface area contributed by atoms with E-state index in [1.165, 1.54) is 39.9 Å². The summed E-state index contributed by atoms with van der Waals surface area (Å²) in [6.07, 6.45) is 1.59. The summed E-state index contributed by atoms with van der Waals surface area (Å²) in [6, 6.07) is 13.3. The molecule has 0 saturated carbocycles. The number of hydrogen-bond donors (Lipinski definition) is 1. The van der Waals surface area contributed by atoms with Gasteiger partial charge in [-0.2, -0.15) is 0 Å². The number of halogens is 2. The molecule has 3 aromatic rings. The highest BCUT2D eigenvalue weighted by molar-refractivity contribution is 6.03. The van der Waals surface area contributed by atoms with Gasteiger partial charge in [0, 0.05) is 30.9 Å². The van der Waals surface area contributed by atoms with Gasteiger partial charge in [-0.1, -0.05) is 12.1 Å². The predicted octanol–water partition coefficient (Wildman–Crippen LogP) is 3.14. The first-order chi connectivity index (χ1) is 13.5. The van der Waals surface area contributed by atoms with Crippen LogP contribution in [0, 0.1) is 17.6 Å². The van der Waals surface area contributed by atoms with Crippen LogP contribution in [0.2, 0.25) is 0 Å². The lowest BCUT2D eigenvalue weighted by Gasteiger charge is -2.16. The number of nitrogens with zero attached hydrogens (tertiary/aromatic N) is 3. The Bertz CT molecular complexity index is 1030. The molecule has 2 aromatic carbocycles. The van der Waals surface area contributed by atoms with Crippen LogP contribution in [0.5, 0.6) is 0 Å². The molecule has 0 aliphatic carbocycles. The van der Waals surface area contributed by atoms with E-state index in [4.69, 9.17) is 0 Å². The summed E-state index contributed by atoms with van der Waals surface area (Å²) in [4.78, 5) is 26.2. The second-order valence-corrected chi connectivity index (χ2v) is 6.47. The topological polar surface area (TPSA) is 67.2 Å². The summed E-state index contributed by atoms with van der Waals surface area (Å²) in [7, 11) is 0. The largest absolute Gasteiger partial charge is 0.312 e. The molecular weight excluding hydrogens is 366 g/mol. The summed E-state index contributed by atoms with van der Waals surface area (Å²) in [5.74, 6) is -1.67. The molecule has 1 saturated heterocycles. The van der Waals surface area contributed by atoms with Crippen molar-refractivity contribution in [1.29, 1.82) is 0 Å². The Morgan fingerprint density at radius 1 is 1.07 bits per heavy atom. The smallest absolute Gasteiger partial charge is 0.231 e. The Morgan fingerprint density at radius 2 is 1.82 bits per heavy atom. The molecule has 0 spiro atoms. The lowest BCUT2D eigenvalue weighted by atomic mass is 10.1. The first-order valence-corrected chi connectivity index (χ1v) is 8.68. The fraction of sp³-hybridized carbons (Fsp3) is 0.150. The first kappa shape index (κ1) is 17.8. The van der Waals surface area contributed by atoms with E-state index < -0.39 is 17.6 Å². The number of amides is 2. The van der Waals surface area contributed by atoms with Crippen molar-refractivity contribution in [2.24, 2.45) is 5.92 Å². The van der Waals surface area contributed by atoms with Crippen molar-refractivity contribution in [3.8, 4) is 5.69 Å². The Labute approximate surface area is 159 Å². The number of carbonyl (C=O) groups is 2. The van der Waals surface area contributed by atoms with Gasteiger partial charge in [0.15, 0.2) is 5.82 Å². The summed E-state index contributed by atoms with van der Waals surface area (Å²) in [5.41, 5.74) is 0.812. The molecule has 1 aliphatic rings. The molecule has 1 aromatic heterocycles. The van der Waals surface area contributed by atoms with Gasteiger partial charge in [0.1, 0.15) is 17.3 Å². The fourth-order valence-corrected chi connectivity index (χ4v) is 3.14. The van der Waals surface area contributed by atoms with Crippen molar-refractivity contribution in [3.05, 3.63) is 72.4 Å². The van der Waals surface area contributed by atoms with Gasteiger partial charge in [-0.15, -0.1) is 5.10 Å². The average Bonchev–Trinajstić information content (AvgIpc) is 3.30. The van der Waals surface area contributed by atoms with E-state index in [0.29, 0.717) is 5.69 Å². The predicted molar refractivity (Wildman–Crippen MR) is 99.0 cm³/mol. The molecule has 2 heterocycles. The number of para-hydroxylation sites is 1. The van der Waals surface area contributed by atoms with Crippen molar-refractivity contribution in [2.75, 3.05) is 16.8 Å². The minimum atomic E-state index is -0.559. The third-order valence-electron chi connectivity index (χ3n) is 4.57. The Balaban J connectivity index is 1.44. The Hall–Kier alpha value is -3.55. The van der Waals surface area contributed by atoms with Crippen molar-refractivity contribution >= 4 is 23.3 Å². The maximum absolute atomic E-state index is 13.9. The average molecular weight is 382 g/mol. The molecule has 1 aliphatic heterocycles. The summed E-state index contributed by atoms with van der Waals surface area (Å²) in [6.45, 7) is 0.199. The third-order valence-corrected chi connectivity index (χ3v) is 4.57. The molecule has 1 unspecified atom stereocenters. The molecule has 2 amide bonds. The monoisotopic (exact) mass is 382 g/mol. The summed E-state index contributed by atoms with van der Waals surface area (Å²) >= 11 is 0. The van der Waals surface area contributed by atoms with E-state index in [-0.39, 0.29) is 36.3 Å². The number of nitrogens with one attached hydrogen (secondary N) is 1. The van der Waals surface area contributed by atoms with E-state index in [2.05, 4.69) is 10.4 Å². The van der Waals surface area contributed by atoms with Crippen molar-refractivity contribution in [1.82, 2.24) is 9.78 Å². The number of rotatable bonds is 4. The molecule has 0 radical (unpaired) electrons. The maximum atomic E-state index is 13.9. The molecule has 1 N–H and O–H groups in total. The minimum absolute atomic E-state index is 0.0528. The van der Waals surface area contributed by atoms with Gasteiger partial charge in [-0.05, 0) is 36.4 Å². The van der Waals surface area contributed by atoms with Gasteiger partial charge in [-0.3, -0.25) is 9.59 Å². The molecule has 28 heavy (non-hydrogen) atoms. The zero-order chi connectivity index (χ0) is 19.7. The molecule has 1 atom stereocenters. The number of hydrogen-bond acceptors (Lipinski definition) is 3. The number of aromatic nitrogens is 2. The SMILES string of the molecule is O=C(Nc1ccn(-c2ccccc2F)n1)C1CC(=O)N(c2ccc(F)cc2)C1. The third kappa shape index (κ3) is 3.48. The quantitative estimate of drug-likeness (QED) is 0.754. The maximum Gasteiger partial charge on any atom is 0.231 e. The van der Waals surface area contributed by atoms with Crippen LogP contribution < -0.4 is 10.2 Å². The highest BCUT2D eigenvalue weighted by Gasteiger charge is 2.35. The molecule has 142 valence electrons. The lowest BCUT2D eigenvalue weighted by molar-refractivity contribution is -0.122. The number of anilines is 2. The normalized spacial score (nSPS) is 16.4. The second-order valence-electron chi connectivity index (χ2n) is 6.47. The van der Waals surface area contributed by atoms with Crippen LogP contribution >= 0.6 is 0 Å². The van der Waals surface area contributed by atoms with Crippen LogP contribution in [0.1, 0.15) is 6.42 Å². The molecule has 1 fully saturated rings. The Kier molecular flexibility index (Phi) is 4.60. The molecular formula is C20H16F2N4O2. The van der Waals surface area contributed by atoms with E-state index in [9.17, 15) is 18.4 Å². The highest BCUT2D eigenvalue weighted by atomic mass is 19.1. The number of benzene rings is 2. The van der Waals surface area contributed by atoms with Gasteiger partial charge >= 0.3 is 0 Å². The number of carbonyl (C=O) groups excluding carboxylic acids is 2. The van der Waals surface area contributed by atoms with E-state index in [1.807, 2.05) is 0 Å². The fourth-order valence-electron chi connectivity index (χ4n) is 3.14. The standard InChI is InChI=1S/C20H16F2N4O2/c21-14-5-7-15(8-6-14)25-12-13(11-19(25)27)20(28)23-18-9-10-26(24-18)17-4-2-1-3-16(17)22/h1-10,13H,11-12H2,(H,23,24,28). The lowest BCUT2D eigenvalue weighted by Crippen LogP contribution is -2.28. The van der Waals surface area contributed by atoms with Gasteiger partial charge in [0.05, 0.1) is 5.92 Å². The molecule has 4 rings (SSSR count). The summed E-state index contributed by atoms with van der Waals surface area (Å²) in [5, 5.41) is 6.83. The first-order valence-electron chi connectivity index (χ1n) is 8.68. The Morgan fingerprint density at radius 3 is 2.57 bits per heavy atom. The van der Waals surface area contributed by atoms with Gasteiger partial charge < -0.3 is 10.2 Å². The second kappa shape index (κ2) is 7.22. The van der Waals surface area contributed by atoms with E-state index in [0.717, 1.165) is 0 Å². The molecule has 0 bridgehead atoms. The zero-order valence-corrected chi connectivity index (χ0v) is 14.7. The van der Waals surface area contributed by atoms with Crippen molar-refractivity contribution < 1.29 is 18.4 Å².